The molecule has 0 aliphatic carbocycles. The lowest BCUT2D eigenvalue weighted by atomic mass is 10.0. The van der Waals surface area contributed by atoms with Crippen molar-refractivity contribution in [3.8, 4) is 11.5 Å². The molecule has 0 saturated carbocycles. The molecule has 0 unspecified atom stereocenters. The molecule has 40 heavy (non-hydrogen) atoms. The first-order valence-corrected chi connectivity index (χ1v) is 13.4. The Labute approximate surface area is 234 Å². The van der Waals surface area contributed by atoms with Crippen LogP contribution in [-0.4, -0.2) is 29.1 Å². The van der Waals surface area contributed by atoms with Crippen LogP contribution in [0.2, 0.25) is 0 Å². The Hall–Kier alpha value is -4.88. The second-order valence-corrected chi connectivity index (χ2v) is 10.3. The zero-order valence-corrected chi connectivity index (χ0v) is 22.3. The standard InChI is InChI=1S/C33H23NO5S/c1-38-28-16-14-21(18-29(28)39-32(36)27-12-6-10-24-8-4-5-11-26(24)27)19-30-31(35)34(33(37)40-30)20-22-13-15-23-7-2-3-9-25(23)17-22/h2-19H,20H2,1H3/b30-19-. The molecule has 0 aromatic heterocycles. The van der Waals surface area contributed by atoms with Gasteiger partial charge in [-0.15, -0.1) is 0 Å². The summed E-state index contributed by atoms with van der Waals surface area (Å²) in [6.45, 7) is 0.184. The van der Waals surface area contributed by atoms with Crippen molar-refractivity contribution in [2.75, 3.05) is 7.11 Å². The van der Waals surface area contributed by atoms with Crippen LogP contribution in [0.5, 0.6) is 11.5 Å². The number of fused-ring (bicyclic) bond motifs is 2. The number of amides is 2. The van der Waals surface area contributed by atoms with Gasteiger partial charge in [-0.1, -0.05) is 78.9 Å². The van der Waals surface area contributed by atoms with Gasteiger partial charge in [0.25, 0.3) is 11.1 Å². The molecule has 1 aliphatic heterocycles. The first-order chi connectivity index (χ1) is 19.5. The average Bonchev–Trinajstić information content (AvgIpc) is 3.24. The molecule has 1 saturated heterocycles. The maximum Gasteiger partial charge on any atom is 0.344 e. The van der Waals surface area contributed by atoms with Gasteiger partial charge in [0.1, 0.15) is 0 Å². The summed E-state index contributed by atoms with van der Waals surface area (Å²) in [5.74, 6) is -0.309. The quantitative estimate of drug-likeness (QED) is 0.125. The Balaban J connectivity index is 1.24. The molecular formula is C33H23NO5S. The summed E-state index contributed by atoms with van der Waals surface area (Å²) in [5, 5.41) is 3.52. The summed E-state index contributed by atoms with van der Waals surface area (Å²) in [7, 11) is 1.49. The van der Waals surface area contributed by atoms with Crippen LogP contribution >= 0.6 is 11.8 Å². The molecule has 5 aromatic carbocycles. The van der Waals surface area contributed by atoms with Gasteiger partial charge in [0, 0.05) is 0 Å². The van der Waals surface area contributed by atoms with Crippen molar-refractivity contribution in [2.24, 2.45) is 0 Å². The van der Waals surface area contributed by atoms with Crippen molar-refractivity contribution in [2.45, 2.75) is 6.54 Å². The van der Waals surface area contributed by atoms with Crippen LogP contribution in [0.15, 0.2) is 108 Å². The van der Waals surface area contributed by atoms with E-state index in [4.69, 9.17) is 9.47 Å². The second-order valence-electron chi connectivity index (χ2n) is 9.28. The van der Waals surface area contributed by atoms with Gasteiger partial charge in [0.05, 0.1) is 24.1 Å². The third-order valence-electron chi connectivity index (χ3n) is 6.73. The number of hydrogen-bond donors (Lipinski definition) is 0. The van der Waals surface area contributed by atoms with Crippen molar-refractivity contribution in [3.05, 3.63) is 125 Å². The number of benzene rings is 5. The first-order valence-electron chi connectivity index (χ1n) is 12.6. The van der Waals surface area contributed by atoms with Gasteiger partial charge in [-0.3, -0.25) is 14.5 Å². The lowest BCUT2D eigenvalue weighted by Gasteiger charge is -2.13. The highest BCUT2D eigenvalue weighted by atomic mass is 32.2. The van der Waals surface area contributed by atoms with Crippen LogP contribution in [0.1, 0.15) is 21.5 Å². The monoisotopic (exact) mass is 545 g/mol. The molecule has 1 heterocycles. The van der Waals surface area contributed by atoms with Crippen molar-refractivity contribution >= 4 is 56.5 Å². The first kappa shape index (κ1) is 25.4. The van der Waals surface area contributed by atoms with Crippen LogP contribution in [0.3, 0.4) is 0 Å². The molecule has 5 aromatic rings. The molecule has 0 spiro atoms. The Morgan fingerprint density at radius 3 is 2.38 bits per heavy atom. The van der Waals surface area contributed by atoms with Crippen molar-refractivity contribution < 1.29 is 23.9 Å². The molecule has 7 heteroatoms. The minimum atomic E-state index is -0.525. The highest BCUT2D eigenvalue weighted by Gasteiger charge is 2.35. The summed E-state index contributed by atoms with van der Waals surface area (Å²) in [4.78, 5) is 40.6. The predicted octanol–water partition coefficient (Wildman–Crippen LogP) is 7.46. The molecule has 196 valence electrons. The van der Waals surface area contributed by atoms with Crippen LogP contribution in [0, 0.1) is 0 Å². The SMILES string of the molecule is COc1ccc(/C=C2\SC(=O)N(Cc3ccc4ccccc4c3)C2=O)cc1OC(=O)c1cccc2ccccc12. The number of nitrogens with zero attached hydrogens (tertiary/aromatic N) is 1. The fourth-order valence-electron chi connectivity index (χ4n) is 4.73. The third-order valence-corrected chi connectivity index (χ3v) is 7.63. The number of thioether (sulfide) groups is 1. The summed E-state index contributed by atoms with van der Waals surface area (Å²) in [6, 6.07) is 31.9. The summed E-state index contributed by atoms with van der Waals surface area (Å²) in [5.41, 5.74) is 1.90. The molecule has 6 rings (SSSR count). The number of ether oxygens (including phenoxy) is 2. The molecule has 2 amide bonds. The summed E-state index contributed by atoms with van der Waals surface area (Å²) < 4.78 is 11.2. The minimum Gasteiger partial charge on any atom is -0.493 e. The topological polar surface area (TPSA) is 72.9 Å². The van der Waals surface area contributed by atoms with E-state index >= 15 is 0 Å². The minimum absolute atomic E-state index is 0.184. The third kappa shape index (κ3) is 4.95. The Morgan fingerprint density at radius 2 is 1.55 bits per heavy atom. The van der Waals surface area contributed by atoms with Gasteiger partial charge < -0.3 is 9.47 Å². The van der Waals surface area contributed by atoms with E-state index in [-0.39, 0.29) is 23.4 Å². The fourth-order valence-corrected chi connectivity index (χ4v) is 5.57. The number of carbonyl (C=O) groups is 3. The van der Waals surface area contributed by atoms with Gasteiger partial charge in [-0.2, -0.15) is 0 Å². The van der Waals surface area contributed by atoms with Crippen LogP contribution in [0.25, 0.3) is 27.6 Å². The van der Waals surface area contributed by atoms with Gasteiger partial charge in [-0.25, -0.2) is 4.79 Å². The molecule has 1 fully saturated rings. The molecule has 6 nitrogen and oxygen atoms in total. The number of methoxy groups -OCH3 is 1. The Kier molecular flexibility index (Phi) is 6.80. The zero-order chi connectivity index (χ0) is 27.6. The van der Waals surface area contributed by atoms with Crippen molar-refractivity contribution in [3.63, 3.8) is 0 Å². The Bertz CT molecular complexity index is 1840. The van der Waals surface area contributed by atoms with Crippen molar-refractivity contribution in [1.82, 2.24) is 4.90 Å². The second kappa shape index (κ2) is 10.7. The van der Waals surface area contributed by atoms with E-state index in [0.29, 0.717) is 21.8 Å². The molecule has 0 bridgehead atoms. The van der Waals surface area contributed by atoms with E-state index in [0.717, 1.165) is 38.9 Å². The van der Waals surface area contributed by atoms with E-state index in [1.165, 1.54) is 12.0 Å². The van der Waals surface area contributed by atoms with E-state index in [1.807, 2.05) is 72.8 Å². The molecule has 1 aliphatic rings. The predicted molar refractivity (Wildman–Crippen MR) is 157 cm³/mol. The smallest absolute Gasteiger partial charge is 0.344 e. The number of rotatable bonds is 6. The number of carbonyl (C=O) groups excluding carboxylic acids is 3. The van der Waals surface area contributed by atoms with Gasteiger partial charge in [0.2, 0.25) is 0 Å². The fraction of sp³-hybridized carbons (Fsp3) is 0.0606. The van der Waals surface area contributed by atoms with Gasteiger partial charge in [0.15, 0.2) is 11.5 Å². The average molecular weight is 546 g/mol. The van der Waals surface area contributed by atoms with Gasteiger partial charge >= 0.3 is 5.97 Å². The van der Waals surface area contributed by atoms with Crippen LogP contribution in [-0.2, 0) is 11.3 Å². The number of esters is 1. The molecule has 0 N–H and O–H groups in total. The number of imide groups is 1. The van der Waals surface area contributed by atoms with E-state index in [2.05, 4.69) is 0 Å². The molecule has 0 radical (unpaired) electrons. The van der Waals surface area contributed by atoms with Crippen molar-refractivity contribution in [1.29, 1.82) is 0 Å². The lowest BCUT2D eigenvalue weighted by Crippen LogP contribution is -2.27. The largest absolute Gasteiger partial charge is 0.493 e. The summed E-state index contributed by atoms with van der Waals surface area (Å²) in [6.07, 6.45) is 1.62. The van der Waals surface area contributed by atoms with E-state index in [1.54, 1.807) is 36.4 Å². The highest BCUT2D eigenvalue weighted by molar-refractivity contribution is 8.18. The summed E-state index contributed by atoms with van der Waals surface area (Å²) >= 11 is 0.887. The normalized spacial score (nSPS) is 14.3. The van der Waals surface area contributed by atoms with E-state index in [9.17, 15) is 14.4 Å². The molecular weight excluding hydrogens is 522 g/mol. The highest BCUT2D eigenvalue weighted by Crippen LogP contribution is 2.36. The zero-order valence-electron chi connectivity index (χ0n) is 21.5. The maximum atomic E-state index is 13.2. The van der Waals surface area contributed by atoms with E-state index < -0.39 is 5.97 Å². The van der Waals surface area contributed by atoms with Crippen LogP contribution in [0.4, 0.5) is 4.79 Å². The Morgan fingerprint density at radius 1 is 0.800 bits per heavy atom. The maximum absolute atomic E-state index is 13.2. The number of hydrogen-bond acceptors (Lipinski definition) is 6. The van der Waals surface area contributed by atoms with Crippen LogP contribution < -0.4 is 9.47 Å². The van der Waals surface area contributed by atoms with Gasteiger partial charge in [-0.05, 0) is 74.8 Å². The lowest BCUT2D eigenvalue weighted by molar-refractivity contribution is -0.123. The molecule has 0 atom stereocenters.